The lowest BCUT2D eigenvalue weighted by Gasteiger charge is -2.39. The topological polar surface area (TPSA) is 53.1 Å². The standard InChI is InChI=1S/C13H25N3/c1-13(12(14)15)6-8-16(9-7-13)10-11-4-2-3-5-11/h11H,2-10H2,1H3,(H3,14,15). The second-order valence-corrected chi connectivity index (χ2v) is 5.93. The van der Waals surface area contributed by atoms with E-state index in [9.17, 15) is 0 Å². The number of nitrogens with two attached hydrogens (primary N) is 1. The molecule has 3 nitrogen and oxygen atoms in total. The maximum atomic E-state index is 7.63. The Balaban J connectivity index is 1.78. The van der Waals surface area contributed by atoms with Crippen LogP contribution in [0.4, 0.5) is 0 Å². The summed E-state index contributed by atoms with van der Waals surface area (Å²) in [6, 6.07) is 0. The molecule has 2 rings (SSSR count). The molecule has 0 atom stereocenters. The molecule has 0 unspecified atom stereocenters. The van der Waals surface area contributed by atoms with Crippen LogP contribution in [0.3, 0.4) is 0 Å². The largest absolute Gasteiger partial charge is 0.387 e. The lowest BCUT2D eigenvalue weighted by Crippen LogP contribution is -2.46. The van der Waals surface area contributed by atoms with Crippen molar-refractivity contribution in [1.82, 2.24) is 4.90 Å². The van der Waals surface area contributed by atoms with E-state index in [1.165, 1.54) is 32.2 Å². The first-order valence-corrected chi connectivity index (χ1v) is 6.67. The molecular weight excluding hydrogens is 198 g/mol. The van der Waals surface area contributed by atoms with E-state index in [1.54, 1.807) is 0 Å². The molecule has 0 radical (unpaired) electrons. The van der Waals surface area contributed by atoms with Crippen LogP contribution in [0.1, 0.15) is 45.4 Å². The average Bonchev–Trinajstić information content (AvgIpc) is 2.74. The van der Waals surface area contributed by atoms with Crippen LogP contribution in [0.15, 0.2) is 0 Å². The normalized spacial score (nSPS) is 27.1. The van der Waals surface area contributed by atoms with Gasteiger partial charge in [0.2, 0.25) is 0 Å². The average molecular weight is 223 g/mol. The van der Waals surface area contributed by atoms with E-state index < -0.39 is 0 Å². The first kappa shape index (κ1) is 11.9. The van der Waals surface area contributed by atoms with E-state index in [2.05, 4.69) is 11.8 Å². The molecule has 16 heavy (non-hydrogen) atoms. The van der Waals surface area contributed by atoms with Crippen molar-refractivity contribution >= 4 is 5.84 Å². The summed E-state index contributed by atoms with van der Waals surface area (Å²) in [7, 11) is 0. The van der Waals surface area contributed by atoms with Crippen LogP contribution in [0.5, 0.6) is 0 Å². The highest BCUT2D eigenvalue weighted by atomic mass is 15.1. The van der Waals surface area contributed by atoms with Gasteiger partial charge >= 0.3 is 0 Å². The van der Waals surface area contributed by atoms with Gasteiger partial charge in [0, 0.05) is 12.0 Å². The molecule has 92 valence electrons. The summed E-state index contributed by atoms with van der Waals surface area (Å²) in [6.45, 7) is 5.69. The Kier molecular flexibility index (Phi) is 3.53. The summed E-state index contributed by atoms with van der Waals surface area (Å²) >= 11 is 0. The molecule has 2 aliphatic rings. The highest BCUT2D eigenvalue weighted by molar-refractivity contribution is 5.83. The maximum absolute atomic E-state index is 7.63. The monoisotopic (exact) mass is 223 g/mol. The van der Waals surface area contributed by atoms with Crippen molar-refractivity contribution in [3.05, 3.63) is 0 Å². The molecule has 3 N–H and O–H groups in total. The number of amidine groups is 1. The molecular formula is C13H25N3. The molecule has 0 aromatic heterocycles. The van der Waals surface area contributed by atoms with Gasteiger partial charge in [-0.2, -0.15) is 0 Å². The molecule has 0 bridgehead atoms. The SMILES string of the molecule is CC1(C(=N)N)CCN(CC2CCCC2)CC1. The molecule has 0 spiro atoms. The lowest BCUT2D eigenvalue weighted by molar-refractivity contribution is 0.143. The summed E-state index contributed by atoms with van der Waals surface area (Å²) < 4.78 is 0. The zero-order chi connectivity index (χ0) is 11.6. The van der Waals surface area contributed by atoms with E-state index in [-0.39, 0.29) is 5.41 Å². The third-order valence-corrected chi connectivity index (χ3v) is 4.60. The highest BCUT2D eigenvalue weighted by Gasteiger charge is 2.33. The number of nitrogens with zero attached hydrogens (tertiary/aromatic N) is 1. The number of hydrogen-bond acceptors (Lipinski definition) is 2. The van der Waals surface area contributed by atoms with Gasteiger partial charge in [0.25, 0.3) is 0 Å². The predicted molar refractivity (Wildman–Crippen MR) is 67.7 cm³/mol. The minimum absolute atomic E-state index is 0.0217. The summed E-state index contributed by atoms with van der Waals surface area (Å²) in [5, 5.41) is 7.63. The van der Waals surface area contributed by atoms with Gasteiger partial charge in [-0.05, 0) is 44.7 Å². The van der Waals surface area contributed by atoms with Crippen molar-refractivity contribution in [2.24, 2.45) is 17.1 Å². The van der Waals surface area contributed by atoms with Gasteiger partial charge in [0.05, 0.1) is 5.84 Å². The number of hydrogen-bond donors (Lipinski definition) is 2. The van der Waals surface area contributed by atoms with Crippen molar-refractivity contribution < 1.29 is 0 Å². The zero-order valence-corrected chi connectivity index (χ0v) is 10.5. The summed E-state index contributed by atoms with van der Waals surface area (Å²) in [5.41, 5.74) is 5.65. The van der Waals surface area contributed by atoms with Crippen LogP contribution >= 0.6 is 0 Å². The molecule has 1 saturated carbocycles. The number of rotatable bonds is 3. The Morgan fingerprint density at radius 3 is 2.38 bits per heavy atom. The van der Waals surface area contributed by atoms with Crippen molar-refractivity contribution in [3.8, 4) is 0 Å². The number of likely N-dealkylation sites (tertiary alicyclic amines) is 1. The van der Waals surface area contributed by atoms with Crippen molar-refractivity contribution in [2.75, 3.05) is 19.6 Å². The molecule has 0 aromatic rings. The van der Waals surface area contributed by atoms with E-state index in [1.807, 2.05) is 0 Å². The van der Waals surface area contributed by atoms with Gasteiger partial charge in [-0.25, -0.2) is 0 Å². The van der Waals surface area contributed by atoms with Gasteiger partial charge in [0.1, 0.15) is 0 Å². The fraction of sp³-hybridized carbons (Fsp3) is 0.923. The molecule has 1 heterocycles. The number of piperidine rings is 1. The molecule has 3 heteroatoms. The van der Waals surface area contributed by atoms with Gasteiger partial charge in [-0.15, -0.1) is 0 Å². The first-order chi connectivity index (χ1) is 7.60. The predicted octanol–water partition coefficient (Wildman–Crippen LogP) is 2.21. The van der Waals surface area contributed by atoms with Crippen molar-refractivity contribution in [3.63, 3.8) is 0 Å². The maximum Gasteiger partial charge on any atom is 0.0966 e. The minimum Gasteiger partial charge on any atom is -0.387 e. The first-order valence-electron chi connectivity index (χ1n) is 6.67. The van der Waals surface area contributed by atoms with Crippen LogP contribution in [0.25, 0.3) is 0 Å². The second-order valence-electron chi connectivity index (χ2n) is 5.93. The Morgan fingerprint density at radius 1 is 1.31 bits per heavy atom. The van der Waals surface area contributed by atoms with Crippen LogP contribution in [-0.4, -0.2) is 30.4 Å². The smallest absolute Gasteiger partial charge is 0.0966 e. The summed E-state index contributed by atoms with van der Waals surface area (Å²) in [6.07, 6.45) is 7.86. The fourth-order valence-electron chi connectivity index (χ4n) is 3.06. The van der Waals surface area contributed by atoms with Crippen LogP contribution in [0.2, 0.25) is 0 Å². The Labute approximate surface area is 98.9 Å². The van der Waals surface area contributed by atoms with E-state index >= 15 is 0 Å². The second kappa shape index (κ2) is 4.74. The van der Waals surface area contributed by atoms with Gasteiger partial charge in [-0.1, -0.05) is 19.8 Å². The quantitative estimate of drug-likeness (QED) is 0.569. The fourth-order valence-corrected chi connectivity index (χ4v) is 3.06. The molecule has 2 fully saturated rings. The zero-order valence-electron chi connectivity index (χ0n) is 10.5. The Hall–Kier alpha value is -0.570. The molecule has 1 saturated heterocycles. The van der Waals surface area contributed by atoms with Crippen molar-refractivity contribution in [1.29, 1.82) is 5.41 Å². The summed E-state index contributed by atoms with van der Waals surface area (Å²) in [4.78, 5) is 2.58. The number of nitrogens with one attached hydrogen (secondary N) is 1. The van der Waals surface area contributed by atoms with Crippen molar-refractivity contribution in [2.45, 2.75) is 45.4 Å². The van der Waals surface area contributed by atoms with E-state index in [4.69, 9.17) is 11.1 Å². The molecule has 1 aliphatic carbocycles. The van der Waals surface area contributed by atoms with E-state index in [0.717, 1.165) is 31.8 Å². The summed E-state index contributed by atoms with van der Waals surface area (Å²) in [5.74, 6) is 1.33. The minimum atomic E-state index is -0.0217. The van der Waals surface area contributed by atoms with Gasteiger partial charge < -0.3 is 10.6 Å². The highest BCUT2D eigenvalue weighted by Crippen LogP contribution is 2.32. The van der Waals surface area contributed by atoms with Crippen LogP contribution in [0, 0.1) is 16.7 Å². The Morgan fingerprint density at radius 2 is 1.88 bits per heavy atom. The van der Waals surface area contributed by atoms with Gasteiger partial charge in [-0.3, -0.25) is 5.41 Å². The molecule has 0 amide bonds. The molecule has 1 aliphatic heterocycles. The lowest BCUT2D eigenvalue weighted by atomic mass is 9.79. The van der Waals surface area contributed by atoms with E-state index in [0.29, 0.717) is 5.84 Å². The van der Waals surface area contributed by atoms with Crippen LogP contribution in [-0.2, 0) is 0 Å². The van der Waals surface area contributed by atoms with Gasteiger partial charge in [0.15, 0.2) is 0 Å². The van der Waals surface area contributed by atoms with Crippen LogP contribution < -0.4 is 5.73 Å². The molecule has 0 aromatic carbocycles. The third kappa shape index (κ3) is 2.57. The Bertz CT molecular complexity index is 248. The third-order valence-electron chi connectivity index (χ3n) is 4.60.